The summed E-state index contributed by atoms with van der Waals surface area (Å²) in [5.41, 5.74) is 4.58. The van der Waals surface area contributed by atoms with Crippen molar-refractivity contribution >= 4 is 5.91 Å². The first kappa shape index (κ1) is 18.7. The van der Waals surface area contributed by atoms with Crippen LogP contribution >= 0.6 is 0 Å². The van der Waals surface area contributed by atoms with Crippen LogP contribution < -0.4 is 0 Å². The van der Waals surface area contributed by atoms with Gasteiger partial charge in [0.2, 0.25) is 0 Å². The average Bonchev–Trinajstić information content (AvgIpc) is 3.42. The minimum Gasteiger partial charge on any atom is -0.467 e. The van der Waals surface area contributed by atoms with E-state index in [2.05, 4.69) is 12.1 Å². The number of aromatic nitrogens is 1. The van der Waals surface area contributed by atoms with Crippen LogP contribution in [0.4, 0.5) is 0 Å². The van der Waals surface area contributed by atoms with Crippen molar-refractivity contribution in [1.82, 2.24) is 10.1 Å². The molecule has 0 aliphatic carbocycles. The Morgan fingerprint density at radius 3 is 2.48 bits per heavy atom. The highest BCUT2D eigenvalue weighted by Crippen LogP contribution is 2.24. The van der Waals surface area contributed by atoms with Gasteiger partial charge in [-0.3, -0.25) is 4.79 Å². The first-order valence-corrected chi connectivity index (χ1v) is 9.50. The molecule has 1 amide bonds. The molecule has 4 rings (SSSR count). The maximum atomic E-state index is 13.2. The predicted octanol–water partition coefficient (Wildman–Crippen LogP) is 5.39. The van der Waals surface area contributed by atoms with Gasteiger partial charge in [-0.25, -0.2) is 0 Å². The summed E-state index contributed by atoms with van der Waals surface area (Å²) in [7, 11) is 0. The summed E-state index contributed by atoms with van der Waals surface area (Å²) in [6.45, 7) is 4.91. The maximum Gasteiger partial charge on any atom is 0.276 e. The van der Waals surface area contributed by atoms with Gasteiger partial charge in [0.05, 0.1) is 12.8 Å². The molecule has 0 aliphatic heterocycles. The van der Waals surface area contributed by atoms with Gasteiger partial charge in [-0.15, -0.1) is 0 Å². The summed E-state index contributed by atoms with van der Waals surface area (Å²) in [6, 6.07) is 21.3. The molecule has 0 spiro atoms. The van der Waals surface area contributed by atoms with Crippen LogP contribution in [-0.4, -0.2) is 16.0 Å². The Labute approximate surface area is 169 Å². The Balaban J connectivity index is 1.60. The zero-order valence-electron chi connectivity index (χ0n) is 16.5. The van der Waals surface area contributed by atoms with Crippen molar-refractivity contribution in [3.8, 4) is 11.3 Å². The Bertz CT molecular complexity index is 1100. The molecule has 0 bridgehead atoms. The maximum absolute atomic E-state index is 13.2. The van der Waals surface area contributed by atoms with Crippen LogP contribution in [0.25, 0.3) is 11.3 Å². The fourth-order valence-electron chi connectivity index (χ4n) is 3.16. The molecule has 0 radical (unpaired) electrons. The van der Waals surface area contributed by atoms with E-state index >= 15 is 0 Å². The van der Waals surface area contributed by atoms with Crippen molar-refractivity contribution in [1.29, 1.82) is 0 Å². The third-order valence-corrected chi connectivity index (χ3v) is 4.95. The molecule has 146 valence electrons. The second-order valence-corrected chi connectivity index (χ2v) is 7.10. The van der Waals surface area contributed by atoms with E-state index in [0.29, 0.717) is 24.6 Å². The summed E-state index contributed by atoms with van der Waals surface area (Å²) in [4.78, 5) is 14.9. The number of aryl methyl sites for hydroxylation is 2. The highest BCUT2D eigenvalue weighted by Gasteiger charge is 2.22. The first-order chi connectivity index (χ1) is 14.1. The normalized spacial score (nSPS) is 10.8. The van der Waals surface area contributed by atoms with Gasteiger partial charge in [-0.2, -0.15) is 0 Å². The molecule has 29 heavy (non-hydrogen) atoms. The number of rotatable bonds is 6. The minimum atomic E-state index is -0.205. The number of benzene rings is 2. The summed E-state index contributed by atoms with van der Waals surface area (Å²) >= 11 is 0. The molecule has 4 aromatic rings. The van der Waals surface area contributed by atoms with E-state index < -0.39 is 0 Å². The molecule has 2 heterocycles. The molecule has 5 nitrogen and oxygen atoms in total. The van der Waals surface area contributed by atoms with E-state index in [0.717, 1.165) is 16.7 Å². The number of amides is 1. The molecule has 2 aromatic heterocycles. The van der Waals surface area contributed by atoms with Crippen molar-refractivity contribution in [3.63, 3.8) is 0 Å². The first-order valence-electron chi connectivity index (χ1n) is 9.50. The van der Waals surface area contributed by atoms with Crippen molar-refractivity contribution in [3.05, 3.63) is 101 Å². The van der Waals surface area contributed by atoms with E-state index in [4.69, 9.17) is 8.94 Å². The Kier molecular flexibility index (Phi) is 5.29. The van der Waals surface area contributed by atoms with Gasteiger partial charge in [-0.05, 0) is 48.7 Å². The quantitative estimate of drug-likeness (QED) is 0.445. The summed E-state index contributed by atoms with van der Waals surface area (Å²) < 4.78 is 10.9. The fourth-order valence-corrected chi connectivity index (χ4v) is 3.16. The topological polar surface area (TPSA) is 59.5 Å². The number of carbonyl (C=O) groups excluding carboxylic acids is 1. The van der Waals surface area contributed by atoms with E-state index in [1.54, 1.807) is 17.2 Å². The molecule has 5 heteroatoms. The Morgan fingerprint density at radius 2 is 1.76 bits per heavy atom. The molecule has 0 saturated heterocycles. The van der Waals surface area contributed by atoms with Gasteiger partial charge in [0.25, 0.3) is 5.91 Å². The van der Waals surface area contributed by atoms with Gasteiger partial charge < -0.3 is 13.8 Å². The zero-order chi connectivity index (χ0) is 20.2. The molecule has 0 saturated carbocycles. The molecule has 0 unspecified atom stereocenters. The van der Waals surface area contributed by atoms with Gasteiger partial charge in [0, 0.05) is 18.2 Å². The van der Waals surface area contributed by atoms with Crippen molar-refractivity contribution < 1.29 is 13.7 Å². The van der Waals surface area contributed by atoms with Crippen LogP contribution in [0.3, 0.4) is 0 Å². The third-order valence-electron chi connectivity index (χ3n) is 4.95. The summed E-state index contributed by atoms with van der Waals surface area (Å²) in [5.74, 6) is 1.09. The van der Waals surface area contributed by atoms with E-state index in [1.807, 2.05) is 67.6 Å². The van der Waals surface area contributed by atoms with Crippen molar-refractivity contribution in [2.75, 3.05) is 0 Å². The number of furan rings is 1. The van der Waals surface area contributed by atoms with Crippen molar-refractivity contribution in [2.45, 2.75) is 26.9 Å². The van der Waals surface area contributed by atoms with Gasteiger partial charge in [-0.1, -0.05) is 47.6 Å². The van der Waals surface area contributed by atoms with Gasteiger partial charge in [0.15, 0.2) is 11.5 Å². The third kappa shape index (κ3) is 4.29. The number of carbonyl (C=O) groups is 1. The van der Waals surface area contributed by atoms with Gasteiger partial charge in [0.1, 0.15) is 5.76 Å². The minimum absolute atomic E-state index is 0.205. The van der Waals surface area contributed by atoms with Crippen LogP contribution in [0.1, 0.15) is 32.9 Å². The fraction of sp³-hybridized carbons (Fsp3) is 0.167. The SMILES string of the molecule is Cc1ccc(-c2cc(C(=O)N(Cc3ccccc3)Cc3ccco3)no2)cc1C. The van der Waals surface area contributed by atoms with E-state index in [9.17, 15) is 4.79 Å². The Hall–Kier alpha value is -3.60. The number of nitrogens with zero attached hydrogens (tertiary/aromatic N) is 2. The van der Waals surface area contributed by atoms with Crippen LogP contribution in [0, 0.1) is 13.8 Å². The molecule has 0 fully saturated rings. The van der Waals surface area contributed by atoms with Crippen molar-refractivity contribution in [2.24, 2.45) is 0 Å². The monoisotopic (exact) mass is 386 g/mol. The summed E-state index contributed by atoms with van der Waals surface area (Å²) in [6.07, 6.45) is 1.61. The highest BCUT2D eigenvalue weighted by molar-refractivity contribution is 5.93. The second kappa shape index (κ2) is 8.19. The molecular formula is C24H22N2O3. The molecule has 2 aromatic carbocycles. The van der Waals surface area contributed by atoms with Crippen LogP contribution in [0.15, 0.2) is 81.9 Å². The number of hydrogen-bond acceptors (Lipinski definition) is 4. The lowest BCUT2D eigenvalue weighted by atomic mass is 10.0. The van der Waals surface area contributed by atoms with E-state index in [-0.39, 0.29) is 11.6 Å². The lowest BCUT2D eigenvalue weighted by Gasteiger charge is -2.20. The smallest absolute Gasteiger partial charge is 0.276 e. The average molecular weight is 386 g/mol. The molecular weight excluding hydrogens is 364 g/mol. The number of hydrogen-bond donors (Lipinski definition) is 0. The largest absolute Gasteiger partial charge is 0.467 e. The standard InChI is InChI=1S/C24H22N2O3/c1-17-10-11-20(13-18(17)2)23-14-22(25-29-23)24(27)26(16-21-9-6-12-28-21)15-19-7-4-3-5-8-19/h3-14H,15-16H2,1-2H3. The van der Waals surface area contributed by atoms with E-state index in [1.165, 1.54) is 5.56 Å². The highest BCUT2D eigenvalue weighted by atomic mass is 16.5. The van der Waals surface area contributed by atoms with Crippen LogP contribution in [0.5, 0.6) is 0 Å². The second-order valence-electron chi connectivity index (χ2n) is 7.10. The lowest BCUT2D eigenvalue weighted by Crippen LogP contribution is -2.30. The summed E-state index contributed by atoms with van der Waals surface area (Å²) in [5, 5.41) is 4.04. The predicted molar refractivity (Wildman–Crippen MR) is 110 cm³/mol. The van der Waals surface area contributed by atoms with Crippen LogP contribution in [0.2, 0.25) is 0 Å². The molecule has 0 aliphatic rings. The van der Waals surface area contributed by atoms with Gasteiger partial charge >= 0.3 is 0 Å². The lowest BCUT2D eigenvalue weighted by molar-refractivity contribution is 0.0707. The molecule has 0 atom stereocenters. The zero-order valence-corrected chi connectivity index (χ0v) is 16.5. The molecule has 0 N–H and O–H groups in total. The Morgan fingerprint density at radius 1 is 0.931 bits per heavy atom. The van der Waals surface area contributed by atoms with Crippen LogP contribution in [-0.2, 0) is 13.1 Å².